The van der Waals surface area contributed by atoms with Gasteiger partial charge in [-0.25, -0.2) is 0 Å². The van der Waals surface area contributed by atoms with Crippen molar-refractivity contribution in [1.82, 2.24) is 0 Å². The van der Waals surface area contributed by atoms with E-state index in [2.05, 4.69) is 25.2 Å². The van der Waals surface area contributed by atoms with Gasteiger partial charge >= 0.3 is 0 Å². The highest BCUT2D eigenvalue weighted by atomic mass is 14.3. The molecule has 0 aromatic rings. The van der Waals surface area contributed by atoms with E-state index in [0.717, 1.165) is 11.8 Å². The lowest BCUT2D eigenvalue weighted by atomic mass is 9.87. The molecule has 0 N–H and O–H groups in total. The van der Waals surface area contributed by atoms with Crippen LogP contribution in [0.15, 0.2) is 23.8 Å². The molecule has 0 saturated heterocycles. The summed E-state index contributed by atoms with van der Waals surface area (Å²) in [6.07, 6.45) is 12.6. The van der Waals surface area contributed by atoms with Crippen molar-refractivity contribution in [2.45, 2.75) is 32.6 Å². The quantitative estimate of drug-likeness (QED) is 0.500. The Morgan fingerprint density at radius 3 is 2.73 bits per heavy atom. The van der Waals surface area contributed by atoms with Gasteiger partial charge in [0.2, 0.25) is 0 Å². The highest BCUT2D eigenvalue weighted by Crippen LogP contribution is 2.37. The normalized spacial score (nSPS) is 36.3. The molecule has 2 aliphatic carbocycles. The Kier molecular flexibility index (Phi) is 1.85. The molecule has 0 saturated carbocycles. The number of allylic oxidation sites excluding steroid dienone is 4. The van der Waals surface area contributed by atoms with Crippen LogP contribution in [-0.4, -0.2) is 0 Å². The van der Waals surface area contributed by atoms with Gasteiger partial charge in [-0.15, -0.1) is 0 Å². The Labute approximate surface area is 69.0 Å². The van der Waals surface area contributed by atoms with Gasteiger partial charge in [-0.2, -0.15) is 0 Å². The zero-order valence-corrected chi connectivity index (χ0v) is 7.22. The molecule has 11 heavy (non-hydrogen) atoms. The Bertz CT molecular complexity index is 198. The van der Waals surface area contributed by atoms with Crippen LogP contribution >= 0.6 is 0 Å². The van der Waals surface area contributed by atoms with Gasteiger partial charge in [0.1, 0.15) is 0 Å². The summed E-state index contributed by atoms with van der Waals surface area (Å²) in [6.45, 7) is 2.30. The summed E-state index contributed by atoms with van der Waals surface area (Å²) >= 11 is 0. The average molecular weight is 148 g/mol. The number of hydrogen-bond donors (Lipinski definition) is 0. The lowest BCUT2D eigenvalue weighted by Crippen LogP contribution is -2.08. The topological polar surface area (TPSA) is 0 Å². The fourth-order valence-electron chi connectivity index (χ4n) is 2.41. The SMILES string of the molecule is CC1=CCC[C@H]1[C@@H]1C=CCC1. The third-order valence-corrected chi connectivity index (χ3v) is 3.10. The molecule has 0 fully saturated rings. The van der Waals surface area contributed by atoms with Crippen LogP contribution in [0.1, 0.15) is 32.6 Å². The van der Waals surface area contributed by atoms with Crippen molar-refractivity contribution in [3.05, 3.63) is 23.8 Å². The summed E-state index contributed by atoms with van der Waals surface area (Å²) in [5.41, 5.74) is 1.64. The van der Waals surface area contributed by atoms with Gasteiger partial charge in [-0.05, 0) is 44.4 Å². The van der Waals surface area contributed by atoms with Gasteiger partial charge in [-0.3, -0.25) is 0 Å². The van der Waals surface area contributed by atoms with Crippen LogP contribution in [0, 0.1) is 11.8 Å². The van der Waals surface area contributed by atoms with E-state index in [9.17, 15) is 0 Å². The zero-order valence-electron chi connectivity index (χ0n) is 7.22. The van der Waals surface area contributed by atoms with Gasteiger partial charge in [-0.1, -0.05) is 23.8 Å². The molecule has 0 spiro atoms. The lowest BCUT2D eigenvalue weighted by Gasteiger charge is -2.17. The maximum Gasteiger partial charge on any atom is -0.0140 e. The second kappa shape index (κ2) is 2.84. The molecule has 0 heterocycles. The van der Waals surface area contributed by atoms with Crippen molar-refractivity contribution in [2.75, 3.05) is 0 Å². The minimum Gasteiger partial charge on any atom is -0.0882 e. The summed E-state index contributed by atoms with van der Waals surface area (Å²) in [5.74, 6) is 1.78. The van der Waals surface area contributed by atoms with Crippen molar-refractivity contribution in [3.8, 4) is 0 Å². The molecule has 0 aromatic carbocycles. The van der Waals surface area contributed by atoms with E-state index in [1.54, 1.807) is 5.57 Å². The van der Waals surface area contributed by atoms with Crippen LogP contribution < -0.4 is 0 Å². The van der Waals surface area contributed by atoms with Gasteiger partial charge in [0, 0.05) is 0 Å². The fraction of sp³-hybridized carbons (Fsp3) is 0.636. The molecule has 0 unspecified atom stereocenters. The highest BCUT2D eigenvalue weighted by Gasteiger charge is 2.24. The second-order valence-electron chi connectivity index (χ2n) is 3.80. The fourth-order valence-corrected chi connectivity index (χ4v) is 2.41. The molecule has 2 aliphatic rings. The van der Waals surface area contributed by atoms with Crippen molar-refractivity contribution < 1.29 is 0 Å². The molecule has 60 valence electrons. The van der Waals surface area contributed by atoms with Crippen molar-refractivity contribution in [3.63, 3.8) is 0 Å². The average Bonchev–Trinajstić information content (AvgIpc) is 2.55. The smallest absolute Gasteiger partial charge is 0.0140 e. The third-order valence-electron chi connectivity index (χ3n) is 3.10. The molecule has 0 nitrogen and oxygen atoms in total. The first-order valence-corrected chi connectivity index (χ1v) is 4.71. The maximum atomic E-state index is 2.42. The first-order chi connectivity index (χ1) is 5.38. The molecular weight excluding hydrogens is 132 g/mol. The molecule has 0 bridgehead atoms. The van der Waals surface area contributed by atoms with E-state index in [1.165, 1.54) is 25.7 Å². The summed E-state index contributed by atoms with van der Waals surface area (Å²) < 4.78 is 0. The summed E-state index contributed by atoms with van der Waals surface area (Å²) in [4.78, 5) is 0. The van der Waals surface area contributed by atoms with Crippen LogP contribution in [0.5, 0.6) is 0 Å². The summed E-state index contributed by atoms with van der Waals surface area (Å²) in [6, 6.07) is 0. The van der Waals surface area contributed by atoms with E-state index in [-0.39, 0.29) is 0 Å². The van der Waals surface area contributed by atoms with E-state index in [4.69, 9.17) is 0 Å². The Hall–Kier alpha value is -0.520. The Morgan fingerprint density at radius 2 is 2.18 bits per heavy atom. The van der Waals surface area contributed by atoms with E-state index < -0.39 is 0 Å². The van der Waals surface area contributed by atoms with Crippen LogP contribution in [0.25, 0.3) is 0 Å². The molecule has 0 aromatic heterocycles. The van der Waals surface area contributed by atoms with Gasteiger partial charge < -0.3 is 0 Å². The minimum absolute atomic E-state index is 0.883. The Balaban J connectivity index is 2.04. The van der Waals surface area contributed by atoms with Gasteiger partial charge in [0.05, 0.1) is 0 Å². The first-order valence-electron chi connectivity index (χ1n) is 4.71. The third kappa shape index (κ3) is 1.26. The van der Waals surface area contributed by atoms with Crippen LogP contribution in [-0.2, 0) is 0 Å². The van der Waals surface area contributed by atoms with Crippen LogP contribution in [0.4, 0.5) is 0 Å². The van der Waals surface area contributed by atoms with Crippen molar-refractivity contribution in [1.29, 1.82) is 0 Å². The van der Waals surface area contributed by atoms with Gasteiger partial charge in [0.15, 0.2) is 0 Å². The molecule has 2 rings (SSSR count). The molecule has 0 amide bonds. The monoisotopic (exact) mass is 148 g/mol. The minimum atomic E-state index is 0.883. The zero-order chi connectivity index (χ0) is 7.68. The molecule has 0 heteroatoms. The van der Waals surface area contributed by atoms with Crippen molar-refractivity contribution in [2.24, 2.45) is 11.8 Å². The second-order valence-corrected chi connectivity index (χ2v) is 3.80. The van der Waals surface area contributed by atoms with Crippen LogP contribution in [0.2, 0.25) is 0 Å². The highest BCUT2D eigenvalue weighted by molar-refractivity contribution is 5.15. The van der Waals surface area contributed by atoms with Gasteiger partial charge in [0.25, 0.3) is 0 Å². The molecule has 2 atom stereocenters. The molecule has 0 aliphatic heterocycles. The lowest BCUT2D eigenvalue weighted by molar-refractivity contribution is 0.442. The maximum absolute atomic E-state index is 2.42. The summed E-state index contributed by atoms with van der Waals surface area (Å²) in [5, 5.41) is 0. The standard InChI is InChI=1S/C11H16/c1-9-5-4-8-11(9)10-6-2-3-7-10/h2,5-6,10-11H,3-4,7-8H2,1H3/t10-,11-/m1/s1. The predicted octanol–water partition coefficient (Wildman–Crippen LogP) is 3.31. The van der Waals surface area contributed by atoms with E-state index >= 15 is 0 Å². The predicted molar refractivity (Wildman–Crippen MR) is 48.3 cm³/mol. The van der Waals surface area contributed by atoms with Crippen molar-refractivity contribution >= 4 is 0 Å². The number of rotatable bonds is 1. The first kappa shape index (κ1) is 7.15. The Morgan fingerprint density at radius 1 is 1.27 bits per heavy atom. The summed E-state index contributed by atoms with van der Waals surface area (Å²) in [7, 11) is 0. The molecule has 0 radical (unpaired) electrons. The van der Waals surface area contributed by atoms with Crippen LogP contribution in [0.3, 0.4) is 0 Å². The molecular formula is C11H16. The van der Waals surface area contributed by atoms with E-state index in [1.807, 2.05) is 0 Å². The number of hydrogen-bond acceptors (Lipinski definition) is 0. The largest absolute Gasteiger partial charge is 0.0882 e. The van der Waals surface area contributed by atoms with E-state index in [0.29, 0.717) is 0 Å².